The smallest absolute Gasteiger partial charge is 0.254 e. The second kappa shape index (κ2) is 8.99. The number of nitrogens with one attached hydrogen (secondary N) is 1. The zero-order valence-corrected chi connectivity index (χ0v) is 15.2. The lowest BCUT2D eigenvalue weighted by atomic mass is 10.0. The molecule has 1 N–H and O–H groups in total. The summed E-state index contributed by atoms with van der Waals surface area (Å²) >= 11 is 0. The summed E-state index contributed by atoms with van der Waals surface area (Å²) in [5, 5.41) is 3.38. The molecule has 0 saturated carbocycles. The lowest BCUT2D eigenvalue weighted by molar-refractivity contribution is 0.0719. The van der Waals surface area contributed by atoms with Gasteiger partial charge in [-0.05, 0) is 51.4 Å². The van der Waals surface area contributed by atoms with E-state index in [0.717, 1.165) is 37.9 Å². The predicted octanol–water partition coefficient (Wildman–Crippen LogP) is 2.65. The Morgan fingerprint density at radius 2 is 1.78 bits per heavy atom. The summed E-state index contributed by atoms with van der Waals surface area (Å²) in [6.45, 7) is 3.92. The second-order valence-electron chi connectivity index (χ2n) is 5.76. The summed E-state index contributed by atoms with van der Waals surface area (Å²) in [5.74, 6) is 1.38. The molecule has 2 rings (SSSR count). The summed E-state index contributed by atoms with van der Waals surface area (Å²) in [5.41, 5.74) is 1.52. The SMILES string of the molecule is COc1cc(C(=O)N(C)C2CCCNCC2)cc(OC)c1C.Cl. The molecule has 1 aliphatic rings. The molecule has 130 valence electrons. The predicted molar refractivity (Wildman–Crippen MR) is 94.1 cm³/mol. The number of benzene rings is 1. The van der Waals surface area contributed by atoms with E-state index in [1.54, 1.807) is 26.4 Å². The quantitative estimate of drug-likeness (QED) is 0.914. The van der Waals surface area contributed by atoms with Gasteiger partial charge in [0, 0.05) is 24.2 Å². The first-order chi connectivity index (χ1) is 10.6. The Balaban J connectivity index is 0.00000264. The topological polar surface area (TPSA) is 50.8 Å². The van der Waals surface area contributed by atoms with Crippen LogP contribution in [0.2, 0.25) is 0 Å². The third kappa shape index (κ3) is 4.52. The molecule has 1 heterocycles. The molecule has 1 amide bonds. The van der Waals surface area contributed by atoms with Gasteiger partial charge in [0.25, 0.3) is 5.91 Å². The number of hydrogen-bond acceptors (Lipinski definition) is 4. The van der Waals surface area contributed by atoms with Crippen molar-refractivity contribution < 1.29 is 14.3 Å². The van der Waals surface area contributed by atoms with Crippen molar-refractivity contribution >= 4 is 18.3 Å². The van der Waals surface area contributed by atoms with Crippen LogP contribution in [0, 0.1) is 6.92 Å². The number of rotatable bonds is 4. The molecule has 1 aromatic carbocycles. The summed E-state index contributed by atoms with van der Waals surface area (Å²) in [6, 6.07) is 3.87. The average molecular weight is 343 g/mol. The maximum Gasteiger partial charge on any atom is 0.254 e. The van der Waals surface area contributed by atoms with Crippen molar-refractivity contribution in [2.45, 2.75) is 32.2 Å². The first-order valence-electron chi connectivity index (χ1n) is 7.79. The molecule has 1 aromatic rings. The normalized spacial score (nSPS) is 17.7. The van der Waals surface area contributed by atoms with Crippen LogP contribution in [-0.2, 0) is 0 Å². The van der Waals surface area contributed by atoms with E-state index in [-0.39, 0.29) is 24.4 Å². The lowest BCUT2D eigenvalue weighted by Gasteiger charge is -2.27. The zero-order chi connectivity index (χ0) is 16.1. The number of carbonyl (C=O) groups is 1. The summed E-state index contributed by atoms with van der Waals surface area (Å²) in [6.07, 6.45) is 3.13. The highest BCUT2D eigenvalue weighted by atomic mass is 35.5. The van der Waals surface area contributed by atoms with Gasteiger partial charge in [-0.25, -0.2) is 0 Å². The number of ether oxygens (including phenoxy) is 2. The highest BCUT2D eigenvalue weighted by molar-refractivity contribution is 5.95. The fraction of sp³-hybridized carbons (Fsp3) is 0.588. The molecular weight excluding hydrogens is 316 g/mol. The largest absolute Gasteiger partial charge is 0.496 e. The van der Waals surface area contributed by atoms with Crippen LogP contribution in [-0.4, -0.2) is 51.2 Å². The van der Waals surface area contributed by atoms with Gasteiger partial charge in [0.15, 0.2) is 0 Å². The number of carbonyl (C=O) groups excluding carboxylic acids is 1. The van der Waals surface area contributed by atoms with Gasteiger partial charge in [0.2, 0.25) is 0 Å². The molecule has 1 atom stereocenters. The number of hydrogen-bond donors (Lipinski definition) is 1. The van der Waals surface area contributed by atoms with Crippen molar-refractivity contribution in [1.29, 1.82) is 0 Å². The third-order valence-corrected chi connectivity index (χ3v) is 4.41. The highest BCUT2D eigenvalue weighted by Crippen LogP contribution is 2.30. The van der Waals surface area contributed by atoms with Crippen LogP contribution in [0.5, 0.6) is 11.5 Å². The van der Waals surface area contributed by atoms with Crippen LogP contribution < -0.4 is 14.8 Å². The van der Waals surface area contributed by atoms with Crippen molar-refractivity contribution in [3.05, 3.63) is 23.3 Å². The minimum Gasteiger partial charge on any atom is -0.496 e. The zero-order valence-electron chi connectivity index (χ0n) is 14.3. The van der Waals surface area contributed by atoms with E-state index in [4.69, 9.17) is 9.47 Å². The molecule has 0 aliphatic carbocycles. The van der Waals surface area contributed by atoms with Gasteiger partial charge in [-0.3, -0.25) is 4.79 Å². The summed E-state index contributed by atoms with van der Waals surface area (Å²) in [4.78, 5) is 14.7. The van der Waals surface area contributed by atoms with E-state index in [1.165, 1.54) is 0 Å². The molecule has 5 nitrogen and oxygen atoms in total. The summed E-state index contributed by atoms with van der Waals surface area (Å²) in [7, 11) is 5.10. The molecule has 0 spiro atoms. The number of methoxy groups -OCH3 is 2. The van der Waals surface area contributed by atoms with Gasteiger partial charge in [-0.1, -0.05) is 0 Å². The van der Waals surface area contributed by atoms with Crippen LogP contribution in [0.4, 0.5) is 0 Å². The van der Waals surface area contributed by atoms with E-state index in [2.05, 4.69) is 5.32 Å². The molecular formula is C17H27ClN2O3. The number of nitrogens with zero attached hydrogens (tertiary/aromatic N) is 1. The van der Waals surface area contributed by atoms with E-state index < -0.39 is 0 Å². The van der Waals surface area contributed by atoms with Gasteiger partial charge >= 0.3 is 0 Å². The molecule has 0 radical (unpaired) electrons. The van der Waals surface area contributed by atoms with Crippen molar-refractivity contribution in [1.82, 2.24) is 10.2 Å². The molecule has 23 heavy (non-hydrogen) atoms. The van der Waals surface area contributed by atoms with Crippen LogP contribution >= 0.6 is 12.4 Å². The van der Waals surface area contributed by atoms with Gasteiger partial charge in [0.1, 0.15) is 11.5 Å². The van der Waals surface area contributed by atoms with Crippen LogP contribution in [0.3, 0.4) is 0 Å². The minimum absolute atomic E-state index is 0. The Morgan fingerprint density at radius 1 is 1.17 bits per heavy atom. The lowest BCUT2D eigenvalue weighted by Crippen LogP contribution is -2.37. The van der Waals surface area contributed by atoms with Crippen molar-refractivity contribution in [3.63, 3.8) is 0 Å². The average Bonchev–Trinajstić information content (AvgIpc) is 2.83. The van der Waals surface area contributed by atoms with Crippen LogP contribution in [0.15, 0.2) is 12.1 Å². The molecule has 0 bridgehead atoms. The fourth-order valence-corrected chi connectivity index (χ4v) is 2.97. The van der Waals surface area contributed by atoms with Crippen molar-refractivity contribution in [2.24, 2.45) is 0 Å². The van der Waals surface area contributed by atoms with E-state index >= 15 is 0 Å². The van der Waals surface area contributed by atoms with E-state index in [0.29, 0.717) is 17.1 Å². The minimum atomic E-state index is 0. The molecule has 6 heteroatoms. The Morgan fingerprint density at radius 3 is 2.35 bits per heavy atom. The van der Waals surface area contributed by atoms with Crippen molar-refractivity contribution in [2.75, 3.05) is 34.4 Å². The molecule has 1 unspecified atom stereocenters. The standard InChI is InChI=1S/C17H26N2O3.ClH/c1-12-15(21-3)10-13(11-16(12)22-4)17(20)19(2)14-6-5-8-18-9-7-14;/h10-11,14,18H,5-9H2,1-4H3;1H. The Kier molecular flexibility index (Phi) is 7.65. The van der Waals surface area contributed by atoms with Crippen molar-refractivity contribution in [3.8, 4) is 11.5 Å². The van der Waals surface area contributed by atoms with Gasteiger partial charge in [0.05, 0.1) is 14.2 Å². The van der Waals surface area contributed by atoms with E-state index in [9.17, 15) is 4.79 Å². The maximum atomic E-state index is 12.8. The fourth-order valence-electron chi connectivity index (χ4n) is 2.97. The third-order valence-electron chi connectivity index (χ3n) is 4.41. The van der Waals surface area contributed by atoms with Crippen LogP contribution in [0.25, 0.3) is 0 Å². The molecule has 1 fully saturated rings. The molecule has 1 aliphatic heterocycles. The molecule has 1 saturated heterocycles. The second-order valence-corrected chi connectivity index (χ2v) is 5.76. The summed E-state index contributed by atoms with van der Waals surface area (Å²) < 4.78 is 10.7. The number of amides is 1. The van der Waals surface area contributed by atoms with Crippen LogP contribution in [0.1, 0.15) is 35.2 Å². The first-order valence-corrected chi connectivity index (χ1v) is 7.79. The van der Waals surface area contributed by atoms with Gasteiger partial charge in [-0.15, -0.1) is 12.4 Å². The van der Waals surface area contributed by atoms with E-state index in [1.807, 2.05) is 18.9 Å². The Labute approximate surface area is 144 Å². The number of halogens is 1. The van der Waals surface area contributed by atoms with Gasteiger partial charge < -0.3 is 19.7 Å². The highest BCUT2D eigenvalue weighted by Gasteiger charge is 2.23. The first kappa shape index (κ1) is 19.6. The maximum absolute atomic E-state index is 12.8. The monoisotopic (exact) mass is 342 g/mol. The Bertz CT molecular complexity index is 504. The molecule has 0 aromatic heterocycles. The van der Waals surface area contributed by atoms with Gasteiger partial charge in [-0.2, -0.15) is 0 Å². The Hall–Kier alpha value is -1.46.